The normalized spacial score (nSPS) is 12.0. The fourth-order valence-corrected chi connectivity index (χ4v) is 4.08. The Kier molecular flexibility index (Phi) is 4.60. The van der Waals surface area contributed by atoms with Gasteiger partial charge in [-0.05, 0) is 31.0 Å². The Balaban J connectivity index is 1.68. The van der Waals surface area contributed by atoms with Crippen molar-refractivity contribution in [2.24, 2.45) is 4.99 Å². The zero-order chi connectivity index (χ0) is 18.8. The van der Waals surface area contributed by atoms with Crippen LogP contribution in [0.4, 0.5) is 11.4 Å². The van der Waals surface area contributed by atoms with Crippen molar-refractivity contribution in [3.63, 3.8) is 0 Å². The number of aromatic amines is 1. The molecule has 27 heavy (non-hydrogen) atoms. The third kappa shape index (κ3) is 3.41. The van der Waals surface area contributed by atoms with Crippen molar-refractivity contribution in [1.29, 1.82) is 0 Å². The van der Waals surface area contributed by atoms with Crippen LogP contribution in [0.5, 0.6) is 0 Å². The van der Waals surface area contributed by atoms with Gasteiger partial charge in [-0.3, -0.25) is 10.1 Å². The van der Waals surface area contributed by atoms with Gasteiger partial charge in [0, 0.05) is 40.8 Å². The molecule has 7 heteroatoms. The Morgan fingerprint density at radius 1 is 1.19 bits per heavy atom. The van der Waals surface area contributed by atoms with Crippen molar-refractivity contribution in [2.75, 3.05) is 0 Å². The fourth-order valence-electron chi connectivity index (χ4n) is 3.16. The molecule has 0 fully saturated rings. The number of para-hydroxylation sites is 3. The Morgan fingerprint density at radius 3 is 2.81 bits per heavy atom. The minimum Gasteiger partial charge on any atom is -0.361 e. The van der Waals surface area contributed by atoms with Gasteiger partial charge in [-0.1, -0.05) is 30.3 Å². The summed E-state index contributed by atoms with van der Waals surface area (Å²) in [6.45, 7) is 2.79. The van der Waals surface area contributed by atoms with Crippen LogP contribution in [0, 0.1) is 17.0 Å². The molecule has 0 spiro atoms. The highest BCUT2D eigenvalue weighted by Gasteiger charge is 2.12. The van der Waals surface area contributed by atoms with Crippen molar-refractivity contribution in [2.45, 2.75) is 19.9 Å². The predicted octanol–water partition coefficient (Wildman–Crippen LogP) is 4.72. The molecular weight excluding hydrogens is 360 g/mol. The Hall–Kier alpha value is -3.19. The molecule has 136 valence electrons. The summed E-state index contributed by atoms with van der Waals surface area (Å²) < 4.78 is 2.11. The monoisotopic (exact) mass is 378 g/mol. The molecule has 6 nitrogen and oxygen atoms in total. The summed E-state index contributed by atoms with van der Waals surface area (Å²) in [4.78, 5) is 19.5. The lowest BCUT2D eigenvalue weighted by Gasteiger charge is -2.06. The lowest BCUT2D eigenvalue weighted by molar-refractivity contribution is -0.384. The summed E-state index contributed by atoms with van der Waals surface area (Å²) in [5.41, 5.74) is 3.87. The van der Waals surface area contributed by atoms with E-state index in [1.54, 1.807) is 18.2 Å². The number of thiazole rings is 1. The highest BCUT2D eigenvalue weighted by atomic mass is 32.1. The smallest absolute Gasteiger partial charge is 0.294 e. The molecule has 0 bridgehead atoms. The molecule has 0 aliphatic carbocycles. The van der Waals surface area contributed by atoms with Gasteiger partial charge in [0.1, 0.15) is 5.69 Å². The first-order chi connectivity index (χ1) is 13.1. The highest BCUT2D eigenvalue weighted by molar-refractivity contribution is 7.07. The second-order valence-corrected chi connectivity index (χ2v) is 7.11. The van der Waals surface area contributed by atoms with Crippen LogP contribution >= 0.6 is 11.3 Å². The minimum atomic E-state index is -0.393. The fraction of sp³-hybridized carbons (Fsp3) is 0.150. The number of nitro benzene ring substituents is 1. The summed E-state index contributed by atoms with van der Waals surface area (Å²) in [5.74, 6) is 0. The Labute approximate surface area is 159 Å². The van der Waals surface area contributed by atoms with Gasteiger partial charge in [0.25, 0.3) is 5.69 Å². The highest BCUT2D eigenvalue weighted by Crippen LogP contribution is 2.26. The lowest BCUT2D eigenvalue weighted by atomic mass is 10.1. The number of hydrogen-bond donors (Lipinski definition) is 1. The third-order valence-corrected chi connectivity index (χ3v) is 5.55. The van der Waals surface area contributed by atoms with Crippen LogP contribution in [-0.2, 0) is 13.0 Å². The zero-order valence-corrected chi connectivity index (χ0v) is 15.6. The maximum Gasteiger partial charge on any atom is 0.294 e. The maximum atomic E-state index is 11.2. The van der Waals surface area contributed by atoms with E-state index in [1.807, 2.05) is 30.6 Å². The molecule has 0 saturated carbocycles. The molecule has 0 amide bonds. The number of H-pyrrole nitrogens is 1. The number of rotatable bonds is 5. The van der Waals surface area contributed by atoms with E-state index in [4.69, 9.17) is 0 Å². The quantitative estimate of drug-likeness (QED) is 0.403. The molecule has 0 aliphatic heterocycles. The first-order valence-corrected chi connectivity index (χ1v) is 9.49. The predicted molar refractivity (Wildman–Crippen MR) is 107 cm³/mol. The van der Waals surface area contributed by atoms with E-state index in [2.05, 4.69) is 26.7 Å². The summed E-state index contributed by atoms with van der Waals surface area (Å²) in [5, 5.41) is 14.5. The Morgan fingerprint density at radius 2 is 1.96 bits per heavy atom. The molecule has 2 aromatic carbocycles. The van der Waals surface area contributed by atoms with Crippen LogP contribution in [0.15, 0.2) is 65.1 Å². The van der Waals surface area contributed by atoms with E-state index in [0.29, 0.717) is 5.69 Å². The Bertz CT molecular complexity index is 1190. The number of nitrogens with one attached hydrogen (secondary N) is 1. The van der Waals surface area contributed by atoms with Gasteiger partial charge in [0.15, 0.2) is 4.80 Å². The van der Waals surface area contributed by atoms with Crippen LogP contribution in [0.25, 0.3) is 10.9 Å². The SMILES string of the molecule is Cc1csc(=Nc2ccccc2[N+](=O)[O-])n1CCc1c[nH]c2ccccc12. The first-order valence-electron chi connectivity index (χ1n) is 8.61. The second-order valence-electron chi connectivity index (χ2n) is 6.28. The summed E-state index contributed by atoms with van der Waals surface area (Å²) in [7, 11) is 0. The second kappa shape index (κ2) is 7.20. The molecule has 0 radical (unpaired) electrons. The average molecular weight is 378 g/mol. The van der Waals surface area contributed by atoms with Crippen LogP contribution < -0.4 is 4.80 Å². The summed E-state index contributed by atoms with van der Waals surface area (Å²) >= 11 is 1.50. The molecular formula is C20H18N4O2S. The summed E-state index contributed by atoms with van der Waals surface area (Å²) in [6, 6.07) is 14.8. The first kappa shape index (κ1) is 17.2. The molecule has 1 N–H and O–H groups in total. The van der Waals surface area contributed by atoms with E-state index in [9.17, 15) is 10.1 Å². The van der Waals surface area contributed by atoms with E-state index < -0.39 is 4.92 Å². The molecule has 2 heterocycles. The van der Waals surface area contributed by atoms with Crippen molar-refractivity contribution in [1.82, 2.24) is 9.55 Å². The van der Waals surface area contributed by atoms with Gasteiger partial charge in [0.05, 0.1) is 4.92 Å². The molecule has 0 aliphatic rings. The molecule has 4 aromatic rings. The van der Waals surface area contributed by atoms with Gasteiger partial charge in [-0.2, -0.15) is 0 Å². The number of fused-ring (bicyclic) bond motifs is 1. The molecule has 2 aromatic heterocycles. The van der Waals surface area contributed by atoms with Gasteiger partial charge >= 0.3 is 0 Å². The number of benzene rings is 2. The number of nitro groups is 1. The topological polar surface area (TPSA) is 76.2 Å². The summed E-state index contributed by atoms with van der Waals surface area (Å²) in [6.07, 6.45) is 2.90. The van der Waals surface area contributed by atoms with E-state index in [1.165, 1.54) is 28.4 Å². The van der Waals surface area contributed by atoms with Gasteiger partial charge in [0.2, 0.25) is 0 Å². The minimum absolute atomic E-state index is 0.0201. The van der Waals surface area contributed by atoms with Crippen molar-refractivity contribution in [3.8, 4) is 0 Å². The van der Waals surface area contributed by atoms with Gasteiger partial charge in [-0.25, -0.2) is 4.99 Å². The van der Waals surface area contributed by atoms with Crippen LogP contribution in [0.2, 0.25) is 0 Å². The van der Waals surface area contributed by atoms with Crippen LogP contribution in [-0.4, -0.2) is 14.5 Å². The van der Waals surface area contributed by atoms with Crippen LogP contribution in [0.3, 0.4) is 0 Å². The average Bonchev–Trinajstić information content (AvgIpc) is 3.24. The number of aryl methyl sites for hydroxylation is 2. The van der Waals surface area contributed by atoms with Gasteiger partial charge in [-0.15, -0.1) is 11.3 Å². The maximum absolute atomic E-state index is 11.2. The van der Waals surface area contributed by atoms with Gasteiger partial charge < -0.3 is 9.55 Å². The van der Waals surface area contributed by atoms with Crippen molar-refractivity contribution in [3.05, 3.63) is 86.3 Å². The van der Waals surface area contributed by atoms with E-state index in [-0.39, 0.29) is 5.69 Å². The third-order valence-electron chi connectivity index (χ3n) is 4.57. The lowest BCUT2D eigenvalue weighted by Crippen LogP contribution is -2.17. The number of nitrogens with zero attached hydrogens (tertiary/aromatic N) is 3. The molecule has 0 unspecified atom stereocenters. The zero-order valence-electron chi connectivity index (χ0n) is 14.8. The van der Waals surface area contributed by atoms with E-state index in [0.717, 1.165) is 29.0 Å². The standard InChI is InChI=1S/C20H18N4O2S/c1-14-13-27-20(22-18-8-4-5-9-19(18)24(25)26)23(14)11-10-15-12-21-17-7-3-2-6-16(15)17/h2-9,12-13,21H,10-11H2,1H3. The molecule has 4 rings (SSSR count). The molecule has 0 atom stereocenters. The van der Waals surface area contributed by atoms with Crippen molar-refractivity contribution < 1.29 is 4.92 Å². The van der Waals surface area contributed by atoms with Crippen LogP contribution in [0.1, 0.15) is 11.3 Å². The number of aromatic nitrogens is 2. The van der Waals surface area contributed by atoms with E-state index >= 15 is 0 Å². The number of hydrogen-bond acceptors (Lipinski definition) is 4. The molecule has 0 saturated heterocycles. The van der Waals surface area contributed by atoms with Crippen molar-refractivity contribution >= 4 is 33.6 Å². The largest absolute Gasteiger partial charge is 0.361 e.